The molecule has 1 rings (SSSR count). The second-order valence-electron chi connectivity index (χ2n) is 2.14. The van der Waals surface area contributed by atoms with Gasteiger partial charge in [0, 0.05) is 6.42 Å². The van der Waals surface area contributed by atoms with Gasteiger partial charge in [0.25, 0.3) is 0 Å². The quantitative estimate of drug-likeness (QED) is 0.511. The highest BCUT2D eigenvalue weighted by Crippen LogP contribution is 2.19. The maximum Gasteiger partial charge on any atom is 0.0843 e. The summed E-state index contributed by atoms with van der Waals surface area (Å²) in [5.41, 5.74) is 1.22. The Balaban J connectivity index is 2.46. The van der Waals surface area contributed by atoms with Crippen molar-refractivity contribution < 1.29 is 4.74 Å². The molecule has 1 heteroatoms. The average molecular weight is 124 g/mol. The van der Waals surface area contributed by atoms with Crippen LogP contribution in [0.1, 0.15) is 13.3 Å². The van der Waals surface area contributed by atoms with Crippen molar-refractivity contribution in [1.82, 2.24) is 0 Å². The molecule has 9 heavy (non-hydrogen) atoms. The zero-order valence-corrected chi connectivity index (χ0v) is 5.76. The highest BCUT2D eigenvalue weighted by Gasteiger charge is 2.19. The van der Waals surface area contributed by atoms with Crippen LogP contribution in [-0.4, -0.2) is 12.7 Å². The van der Waals surface area contributed by atoms with E-state index in [4.69, 9.17) is 4.74 Å². The number of hydrogen-bond acceptors (Lipinski definition) is 1. The molecule has 0 aromatic carbocycles. The van der Waals surface area contributed by atoms with Crippen molar-refractivity contribution in [2.45, 2.75) is 19.4 Å². The van der Waals surface area contributed by atoms with Crippen LogP contribution in [0.4, 0.5) is 0 Å². The van der Waals surface area contributed by atoms with Crippen molar-refractivity contribution in [3.05, 3.63) is 24.3 Å². The SMILES string of the molecule is C=CC(=CC)C1CCO1. The maximum atomic E-state index is 5.24. The van der Waals surface area contributed by atoms with Crippen molar-refractivity contribution >= 4 is 0 Å². The van der Waals surface area contributed by atoms with Crippen LogP contribution in [0.5, 0.6) is 0 Å². The summed E-state index contributed by atoms with van der Waals surface area (Å²) >= 11 is 0. The van der Waals surface area contributed by atoms with Crippen molar-refractivity contribution in [3.8, 4) is 0 Å². The van der Waals surface area contributed by atoms with Gasteiger partial charge in [-0.3, -0.25) is 0 Å². The van der Waals surface area contributed by atoms with Gasteiger partial charge in [-0.2, -0.15) is 0 Å². The fraction of sp³-hybridized carbons (Fsp3) is 0.500. The molecule has 0 aliphatic carbocycles. The predicted molar refractivity (Wildman–Crippen MR) is 38.3 cm³/mol. The molecular weight excluding hydrogens is 112 g/mol. The van der Waals surface area contributed by atoms with E-state index in [9.17, 15) is 0 Å². The monoisotopic (exact) mass is 124 g/mol. The van der Waals surface area contributed by atoms with Gasteiger partial charge in [-0.15, -0.1) is 0 Å². The molecule has 1 heterocycles. The molecule has 1 unspecified atom stereocenters. The molecule has 0 aromatic heterocycles. The van der Waals surface area contributed by atoms with Crippen molar-refractivity contribution in [2.24, 2.45) is 0 Å². The molecule has 1 fully saturated rings. The Bertz CT molecular complexity index is 132. The lowest BCUT2D eigenvalue weighted by Gasteiger charge is -2.27. The number of rotatable bonds is 2. The molecule has 0 aromatic rings. The van der Waals surface area contributed by atoms with Crippen LogP contribution in [0, 0.1) is 0 Å². The molecule has 0 bridgehead atoms. The van der Waals surface area contributed by atoms with E-state index in [2.05, 4.69) is 12.7 Å². The fourth-order valence-corrected chi connectivity index (χ4v) is 0.934. The van der Waals surface area contributed by atoms with E-state index >= 15 is 0 Å². The van der Waals surface area contributed by atoms with Gasteiger partial charge in [0.05, 0.1) is 12.7 Å². The molecule has 0 radical (unpaired) electrons. The van der Waals surface area contributed by atoms with Crippen LogP contribution in [0.2, 0.25) is 0 Å². The van der Waals surface area contributed by atoms with E-state index in [0.29, 0.717) is 6.10 Å². The molecule has 1 saturated heterocycles. The van der Waals surface area contributed by atoms with E-state index in [0.717, 1.165) is 13.0 Å². The van der Waals surface area contributed by atoms with Gasteiger partial charge in [-0.05, 0) is 12.5 Å². The minimum Gasteiger partial charge on any atom is -0.373 e. The minimum atomic E-state index is 0.354. The second-order valence-corrected chi connectivity index (χ2v) is 2.14. The Hall–Kier alpha value is -0.560. The Kier molecular flexibility index (Phi) is 2.06. The van der Waals surface area contributed by atoms with E-state index in [1.807, 2.05) is 13.0 Å². The summed E-state index contributed by atoms with van der Waals surface area (Å²) in [5, 5.41) is 0. The van der Waals surface area contributed by atoms with E-state index in [1.165, 1.54) is 5.57 Å². The third-order valence-electron chi connectivity index (χ3n) is 1.64. The first-order valence-electron chi connectivity index (χ1n) is 3.28. The minimum absolute atomic E-state index is 0.354. The fourth-order valence-electron chi connectivity index (χ4n) is 0.934. The summed E-state index contributed by atoms with van der Waals surface area (Å²) in [5.74, 6) is 0. The van der Waals surface area contributed by atoms with Crippen molar-refractivity contribution in [1.29, 1.82) is 0 Å². The predicted octanol–water partition coefficient (Wildman–Crippen LogP) is 1.91. The van der Waals surface area contributed by atoms with Gasteiger partial charge in [0.2, 0.25) is 0 Å². The molecule has 0 amide bonds. The highest BCUT2D eigenvalue weighted by molar-refractivity contribution is 5.21. The largest absolute Gasteiger partial charge is 0.373 e. The molecule has 0 saturated carbocycles. The molecule has 0 spiro atoms. The molecule has 1 aliphatic rings. The summed E-state index contributed by atoms with van der Waals surface area (Å²) in [7, 11) is 0. The van der Waals surface area contributed by atoms with Crippen LogP contribution in [0.25, 0.3) is 0 Å². The van der Waals surface area contributed by atoms with Gasteiger partial charge in [0.15, 0.2) is 0 Å². The molecular formula is C8H12O. The first kappa shape index (κ1) is 6.56. The van der Waals surface area contributed by atoms with Crippen LogP contribution >= 0.6 is 0 Å². The van der Waals surface area contributed by atoms with Gasteiger partial charge in [-0.25, -0.2) is 0 Å². The Morgan fingerprint density at radius 2 is 2.44 bits per heavy atom. The van der Waals surface area contributed by atoms with Gasteiger partial charge in [-0.1, -0.05) is 18.7 Å². The number of allylic oxidation sites excluding steroid dienone is 1. The molecule has 1 aliphatic heterocycles. The third kappa shape index (κ3) is 1.22. The summed E-state index contributed by atoms with van der Waals surface area (Å²) in [6, 6.07) is 0. The molecule has 1 atom stereocenters. The molecule has 0 N–H and O–H groups in total. The molecule has 1 nitrogen and oxygen atoms in total. The lowest BCUT2D eigenvalue weighted by Crippen LogP contribution is -2.27. The Morgan fingerprint density at radius 3 is 2.56 bits per heavy atom. The van der Waals surface area contributed by atoms with Crippen LogP contribution < -0.4 is 0 Å². The van der Waals surface area contributed by atoms with E-state index in [-0.39, 0.29) is 0 Å². The summed E-state index contributed by atoms with van der Waals surface area (Å²) in [6.45, 7) is 6.61. The number of ether oxygens (including phenoxy) is 1. The van der Waals surface area contributed by atoms with E-state index in [1.54, 1.807) is 0 Å². The first-order chi connectivity index (χ1) is 4.38. The van der Waals surface area contributed by atoms with Gasteiger partial charge in [0.1, 0.15) is 0 Å². The number of hydrogen-bond donors (Lipinski definition) is 0. The van der Waals surface area contributed by atoms with Gasteiger partial charge < -0.3 is 4.74 Å². The normalized spacial score (nSPS) is 27.2. The smallest absolute Gasteiger partial charge is 0.0843 e. The summed E-state index contributed by atoms with van der Waals surface area (Å²) in [6.07, 6.45) is 5.43. The topological polar surface area (TPSA) is 9.23 Å². The lowest BCUT2D eigenvalue weighted by atomic mass is 10.0. The van der Waals surface area contributed by atoms with Crippen LogP contribution in [0.15, 0.2) is 24.3 Å². The zero-order valence-electron chi connectivity index (χ0n) is 5.76. The summed E-state index contributed by atoms with van der Waals surface area (Å²) < 4.78 is 5.24. The Labute approximate surface area is 56.0 Å². The van der Waals surface area contributed by atoms with Crippen LogP contribution in [-0.2, 0) is 4.74 Å². The third-order valence-corrected chi connectivity index (χ3v) is 1.64. The second kappa shape index (κ2) is 2.83. The first-order valence-corrected chi connectivity index (χ1v) is 3.28. The summed E-state index contributed by atoms with van der Waals surface area (Å²) in [4.78, 5) is 0. The standard InChI is InChI=1S/C8H12O/c1-3-7(4-2)8-5-6-9-8/h3-4,8H,1,5-6H2,2H3. The highest BCUT2D eigenvalue weighted by atomic mass is 16.5. The average Bonchev–Trinajstić information content (AvgIpc) is 1.78. The van der Waals surface area contributed by atoms with Crippen molar-refractivity contribution in [2.75, 3.05) is 6.61 Å². The maximum absolute atomic E-state index is 5.24. The van der Waals surface area contributed by atoms with Crippen molar-refractivity contribution in [3.63, 3.8) is 0 Å². The Morgan fingerprint density at radius 1 is 1.78 bits per heavy atom. The molecule has 50 valence electrons. The van der Waals surface area contributed by atoms with E-state index < -0.39 is 0 Å². The zero-order chi connectivity index (χ0) is 6.69. The van der Waals surface area contributed by atoms with Crippen LogP contribution in [0.3, 0.4) is 0 Å². The lowest BCUT2D eigenvalue weighted by molar-refractivity contribution is -0.0239. The van der Waals surface area contributed by atoms with Gasteiger partial charge >= 0.3 is 0 Å².